The Morgan fingerprint density at radius 3 is 2.46 bits per heavy atom. The number of ether oxygens (including phenoxy) is 3. The number of hydrogen-bond donors (Lipinski definition) is 1. The first-order valence-electron chi connectivity index (χ1n) is 11.3. The fourth-order valence-electron chi connectivity index (χ4n) is 4.28. The molecule has 1 aromatic carbocycles. The van der Waals surface area contributed by atoms with Crippen LogP contribution in [0.1, 0.15) is 11.7 Å². The first-order chi connectivity index (χ1) is 16.8. The maximum absolute atomic E-state index is 13.2. The number of rotatable bonds is 8. The first kappa shape index (κ1) is 24.6. The highest BCUT2D eigenvalue weighted by Gasteiger charge is 2.29. The Labute approximate surface area is 201 Å². The smallest absolute Gasteiger partial charge is 0.340 e. The topological polar surface area (TPSA) is 136 Å². The molecule has 0 amide bonds. The van der Waals surface area contributed by atoms with Crippen molar-refractivity contribution in [1.82, 2.24) is 23.6 Å². The lowest BCUT2D eigenvalue weighted by Gasteiger charge is -2.31. The van der Waals surface area contributed by atoms with Gasteiger partial charge in [-0.05, 0) is 5.56 Å². The number of aromatic nitrogens is 4. The molecular weight excluding hydrogens is 456 g/mol. The minimum absolute atomic E-state index is 0.0488. The van der Waals surface area contributed by atoms with Crippen LogP contribution >= 0.6 is 0 Å². The van der Waals surface area contributed by atoms with Crippen LogP contribution in [0.2, 0.25) is 0 Å². The van der Waals surface area contributed by atoms with Crippen molar-refractivity contribution in [3.8, 4) is 0 Å². The number of carbonyl (C=O) groups is 1. The standard InChI is InChI=1S/C23H30N6O6/c1-26-19-17(20(30)27(2)23(26)32)29(22(24)25-19)14-16(13-28-9-11-34-12-10-28)35-21(31)18(33-3)15-7-5-4-6-8-15/h4-8,16,18H,9-14H2,1-3H3,(H2,24,25)/t16-,18-/m0/s1. The number of esters is 1. The molecule has 2 N–H and O–H groups in total. The van der Waals surface area contributed by atoms with E-state index in [-0.39, 0.29) is 23.7 Å². The lowest BCUT2D eigenvalue weighted by atomic mass is 10.1. The molecule has 1 aliphatic heterocycles. The Morgan fingerprint density at radius 1 is 1.11 bits per heavy atom. The zero-order valence-corrected chi connectivity index (χ0v) is 20.0. The van der Waals surface area contributed by atoms with Crippen LogP contribution in [0.25, 0.3) is 11.2 Å². The molecule has 12 heteroatoms. The first-order valence-corrected chi connectivity index (χ1v) is 11.3. The van der Waals surface area contributed by atoms with Crippen LogP contribution in [-0.4, -0.2) is 75.6 Å². The molecule has 2 aromatic heterocycles. The second-order valence-electron chi connectivity index (χ2n) is 8.46. The van der Waals surface area contributed by atoms with Gasteiger partial charge in [0, 0.05) is 40.8 Å². The van der Waals surface area contributed by atoms with Gasteiger partial charge in [-0.2, -0.15) is 4.98 Å². The van der Waals surface area contributed by atoms with Crippen molar-refractivity contribution in [3.63, 3.8) is 0 Å². The summed E-state index contributed by atoms with van der Waals surface area (Å²) in [7, 11) is 4.36. The van der Waals surface area contributed by atoms with Crippen LogP contribution in [0.4, 0.5) is 5.95 Å². The van der Waals surface area contributed by atoms with E-state index >= 15 is 0 Å². The molecule has 1 aliphatic rings. The monoisotopic (exact) mass is 486 g/mol. The number of hydrogen-bond acceptors (Lipinski definition) is 9. The van der Waals surface area contributed by atoms with Crippen molar-refractivity contribution in [2.24, 2.45) is 14.1 Å². The highest BCUT2D eigenvalue weighted by molar-refractivity contribution is 5.77. The molecule has 12 nitrogen and oxygen atoms in total. The molecule has 0 aliphatic carbocycles. The number of aryl methyl sites for hydroxylation is 1. The molecule has 0 radical (unpaired) electrons. The second kappa shape index (κ2) is 10.4. The molecule has 35 heavy (non-hydrogen) atoms. The van der Waals surface area contributed by atoms with Gasteiger partial charge in [0.05, 0.1) is 19.8 Å². The molecule has 2 atom stereocenters. The van der Waals surface area contributed by atoms with Crippen LogP contribution in [0, 0.1) is 0 Å². The van der Waals surface area contributed by atoms with Crippen molar-refractivity contribution in [1.29, 1.82) is 0 Å². The molecule has 4 rings (SSSR count). The van der Waals surface area contributed by atoms with E-state index < -0.39 is 29.4 Å². The summed E-state index contributed by atoms with van der Waals surface area (Å²) in [5.74, 6) is -0.507. The zero-order chi connectivity index (χ0) is 25.1. The van der Waals surface area contributed by atoms with Gasteiger partial charge < -0.3 is 24.5 Å². The third kappa shape index (κ3) is 4.99. The summed E-state index contributed by atoms with van der Waals surface area (Å²) in [6, 6.07) is 9.07. The summed E-state index contributed by atoms with van der Waals surface area (Å²) in [5, 5.41) is 0. The predicted molar refractivity (Wildman–Crippen MR) is 128 cm³/mol. The van der Waals surface area contributed by atoms with E-state index in [0.29, 0.717) is 38.4 Å². The van der Waals surface area contributed by atoms with Crippen molar-refractivity contribution >= 4 is 23.1 Å². The van der Waals surface area contributed by atoms with E-state index in [4.69, 9.17) is 19.9 Å². The predicted octanol–water partition coefficient (Wildman–Crippen LogP) is -0.352. The molecule has 0 unspecified atom stereocenters. The van der Waals surface area contributed by atoms with Crippen molar-refractivity contribution in [2.45, 2.75) is 18.8 Å². The maximum atomic E-state index is 13.2. The van der Waals surface area contributed by atoms with E-state index in [2.05, 4.69) is 9.88 Å². The Balaban J connectivity index is 1.68. The normalized spacial score (nSPS) is 16.3. The summed E-state index contributed by atoms with van der Waals surface area (Å²) in [6.45, 7) is 2.97. The van der Waals surface area contributed by atoms with Crippen molar-refractivity contribution in [3.05, 3.63) is 56.7 Å². The van der Waals surface area contributed by atoms with Gasteiger partial charge >= 0.3 is 11.7 Å². The zero-order valence-electron chi connectivity index (χ0n) is 20.0. The summed E-state index contributed by atoms with van der Waals surface area (Å²) >= 11 is 0. The van der Waals surface area contributed by atoms with Crippen molar-refractivity contribution in [2.75, 3.05) is 45.7 Å². The summed E-state index contributed by atoms with van der Waals surface area (Å²) < 4.78 is 20.6. The third-order valence-electron chi connectivity index (χ3n) is 6.16. The number of nitrogens with zero attached hydrogens (tertiary/aromatic N) is 5. The van der Waals surface area contributed by atoms with Crippen LogP contribution in [0.3, 0.4) is 0 Å². The summed E-state index contributed by atoms with van der Waals surface area (Å²) in [5.41, 5.74) is 6.15. The van der Waals surface area contributed by atoms with E-state index in [1.165, 1.54) is 30.3 Å². The third-order valence-corrected chi connectivity index (χ3v) is 6.16. The number of benzene rings is 1. The number of nitrogen functional groups attached to an aromatic ring is 1. The van der Waals surface area contributed by atoms with E-state index in [9.17, 15) is 14.4 Å². The summed E-state index contributed by atoms with van der Waals surface area (Å²) in [4.78, 5) is 44.8. The lowest BCUT2D eigenvalue weighted by Crippen LogP contribution is -2.44. The fourth-order valence-corrected chi connectivity index (χ4v) is 4.28. The number of morpholine rings is 1. The molecule has 1 saturated heterocycles. The quantitative estimate of drug-likeness (QED) is 0.424. The van der Waals surface area contributed by atoms with Gasteiger partial charge in [0.15, 0.2) is 17.3 Å². The number of anilines is 1. The Morgan fingerprint density at radius 2 is 1.80 bits per heavy atom. The van der Waals surface area contributed by atoms with Gasteiger partial charge in [-0.25, -0.2) is 9.59 Å². The number of fused-ring (bicyclic) bond motifs is 1. The highest BCUT2D eigenvalue weighted by Crippen LogP contribution is 2.21. The van der Waals surface area contributed by atoms with Gasteiger partial charge in [0.25, 0.3) is 5.56 Å². The largest absolute Gasteiger partial charge is 0.457 e. The van der Waals surface area contributed by atoms with E-state index in [0.717, 1.165) is 4.57 Å². The molecular formula is C23H30N6O6. The van der Waals surface area contributed by atoms with Gasteiger partial charge in [0.2, 0.25) is 5.95 Å². The molecule has 0 spiro atoms. The minimum Gasteiger partial charge on any atom is -0.457 e. The lowest BCUT2D eigenvalue weighted by molar-refractivity contribution is -0.163. The Hall–Kier alpha value is -3.48. The number of methoxy groups -OCH3 is 1. The fraction of sp³-hybridized carbons (Fsp3) is 0.478. The molecule has 1 fully saturated rings. The number of carbonyl (C=O) groups excluding carboxylic acids is 1. The molecule has 188 valence electrons. The number of nitrogens with two attached hydrogens (primary N) is 1. The number of imidazole rings is 1. The van der Waals surface area contributed by atoms with Crippen LogP contribution in [0.15, 0.2) is 39.9 Å². The van der Waals surface area contributed by atoms with Crippen LogP contribution < -0.4 is 17.0 Å². The maximum Gasteiger partial charge on any atom is 0.340 e. The molecule has 0 saturated carbocycles. The van der Waals surface area contributed by atoms with Gasteiger partial charge in [-0.3, -0.25) is 18.8 Å². The van der Waals surface area contributed by atoms with Gasteiger partial charge in [-0.1, -0.05) is 30.3 Å². The van der Waals surface area contributed by atoms with E-state index in [1.807, 2.05) is 18.2 Å². The van der Waals surface area contributed by atoms with Crippen LogP contribution in [0.5, 0.6) is 0 Å². The minimum atomic E-state index is -0.908. The van der Waals surface area contributed by atoms with Gasteiger partial charge in [-0.15, -0.1) is 0 Å². The van der Waals surface area contributed by atoms with Crippen molar-refractivity contribution < 1.29 is 19.0 Å². The average Bonchev–Trinajstić information content (AvgIpc) is 3.19. The molecule has 3 heterocycles. The SMILES string of the molecule is CO[C@H](C(=O)O[C@@H](CN1CCOCC1)Cn1c(N)nc2c1c(=O)n(C)c(=O)n2C)c1ccccc1. The Kier molecular flexibility index (Phi) is 7.34. The van der Waals surface area contributed by atoms with E-state index in [1.54, 1.807) is 12.1 Å². The Bertz CT molecular complexity index is 1310. The van der Waals surface area contributed by atoms with Crippen LogP contribution in [-0.2, 0) is 39.6 Å². The highest BCUT2D eigenvalue weighted by atomic mass is 16.6. The molecule has 0 bridgehead atoms. The summed E-state index contributed by atoms with van der Waals surface area (Å²) in [6.07, 6.45) is -1.59. The second-order valence-corrected chi connectivity index (χ2v) is 8.46. The average molecular weight is 487 g/mol. The molecule has 3 aromatic rings. The van der Waals surface area contributed by atoms with Gasteiger partial charge in [0.1, 0.15) is 6.10 Å².